The average molecular weight is 362 g/mol. The lowest BCUT2D eigenvalue weighted by Crippen LogP contribution is -2.61. The molecule has 2 aliphatic rings. The lowest BCUT2D eigenvalue weighted by atomic mass is 9.83. The van der Waals surface area contributed by atoms with Gasteiger partial charge in [-0.15, -0.1) is 11.8 Å². The number of aryl methyl sites for hydroxylation is 2. The summed E-state index contributed by atoms with van der Waals surface area (Å²) in [6.45, 7) is 5.88. The van der Waals surface area contributed by atoms with E-state index in [0.717, 1.165) is 36.1 Å². The third kappa shape index (κ3) is 4.36. The van der Waals surface area contributed by atoms with Gasteiger partial charge in [0.25, 0.3) is 0 Å². The Morgan fingerprint density at radius 1 is 1.28 bits per heavy atom. The summed E-state index contributed by atoms with van der Waals surface area (Å²) in [4.78, 5) is 24.8. The highest BCUT2D eigenvalue weighted by atomic mass is 32.2. The van der Waals surface area contributed by atoms with E-state index in [4.69, 9.17) is 0 Å². The van der Waals surface area contributed by atoms with Gasteiger partial charge in [-0.05, 0) is 50.8 Å². The van der Waals surface area contributed by atoms with Crippen LogP contribution in [0, 0.1) is 19.8 Å². The zero-order chi connectivity index (χ0) is 18.0. The Kier molecular flexibility index (Phi) is 5.69. The van der Waals surface area contributed by atoms with Gasteiger partial charge in [0.05, 0.1) is 11.2 Å². The summed E-state index contributed by atoms with van der Waals surface area (Å²) in [5, 5.41) is 9.27. The molecule has 1 saturated heterocycles. The van der Waals surface area contributed by atoms with E-state index in [1.165, 1.54) is 18.2 Å². The van der Waals surface area contributed by atoms with Crippen molar-refractivity contribution in [3.63, 3.8) is 0 Å². The molecule has 2 fully saturated rings. The van der Waals surface area contributed by atoms with E-state index in [2.05, 4.69) is 16.0 Å². The summed E-state index contributed by atoms with van der Waals surface area (Å²) in [5.74, 6) is 0.174. The first-order chi connectivity index (χ1) is 11.9. The second kappa shape index (κ2) is 7.79. The summed E-state index contributed by atoms with van der Waals surface area (Å²) in [7, 11) is 0. The molecule has 4 unspecified atom stereocenters. The molecule has 1 aromatic carbocycles. The van der Waals surface area contributed by atoms with Crippen LogP contribution in [0.25, 0.3) is 0 Å². The summed E-state index contributed by atoms with van der Waals surface area (Å²) < 4.78 is 0. The number of rotatable bonds is 4. The molecule has 5 nitrogen and oxygen atoms in total. The smallest absolute Gasteiger partial charge is 0.237 e. The summed E-state index contributed by atoms with van der Waals surface area (Å²) in [6.07, 6.45) is 4.30. The van der Waals surface area contributed by atoms with Gasteiger partial charge in [0.1, 0.15) is 5.50 Å². The van der Waals surface area contributed by atoms with Crippen LogP contribution in [0.5, 0.6) is 0 Å². The van der Waals surface area contributed by atoms with E-state index in [1.54, 1.807) is 0 Å². The molecule has 25 heavy (non-hydrogen) atoms. The van der Waals surface area contributed by atoms with Crippen LogP contribution < -0.4 is 16.0 Å². The van der Waals surface area contributed by atoms with Crippen molar-refractivity contribution in [2.45, 2.75) is 63.2 Å². The fourth-order valence-electron chi connectivity index (χ4n) is 3.56. The van der Waals surface area contributed by atoms with E-state index >= 15 is 0 Å². The van der Waals surface area contributed by atoms with Crippen molar-refractivity contribution in [2.24, 2.45) is 5.92 Å². The van der Waals surface area contributed by atoms with Gasteiger partial charge in [-0.1, -0.05) is 25.0 Å². The molecule has 3 N–H and O–H groups in total. The van der Waals surface area contributed by atoms with Crippen molar-refractivity contribution in [3.05, 3.63) is 29.3 Å². The molecule has 0 bridgehead atoms. The Morgan fingerprint density at radius 3 is 2.84 bits per heavy atom. The molecule has 0 aromatic heterocycles. The summed E-state index contributed by atoms with van der Waals surface area (Å²) >= 11 is 1.46. The van der Waals surface area contributed by atoms with Crippen LogP contribution in [0.2, 0.25) is 0 Å². The van der Waals surface area contributed by atoms with Crippen LogP contribution in [0.1, 0.15) is 43.7 Å². The quantitative estimate of drug-likeness (QED) is 0.771. The molecule has 3 rings (SSSR count). The molecule has 0 spiro atoms. The second-order valence-electron chi connectivity index (χ2n) is 7.14. The Bertz CT molecular complexity index is 664. The van der Waals surface area contributed by atoms with Gasteiger partial charge in [0.2, 0.25) is 11.8 Å². The van der Waals surface area contributed by atoms with Crippen LogP contribution >= 0.6 is 11.8 Å². The molecular weight excluding hydrogens is 334 g/mol. The van der Waals surface area contributed by atoms with Crippen molar-refractivity contribution in [2.75, 3.05) is 5.32 Å². The predicted octanol–water partition coefficient (Wildman–Crippen LogP) is 2.93. The fraction of sp³-hybridized carbons (Fsp3) is 0.579. The third-order valence-corrected chi connectivity index (χ3v) is 6.25. The maximum Gasteiger partial charge on any atom is 0.237 e. The van der Waals surface area contributed by atoms with Crippen LogP contribution in [0.15, 0.2) is 18.2 Å². The molecule has 136 valence electrons. The topological polar surface area (TPSA) is 70.2 Å². The van der Waals surface area contributed by atoms with Crippen LogP contribution in [0.4, 0.5) is 5.69 Å². The Morgan fingerprint density at radius 2 is 2.04 bits per heavy atom. The number of anilines is 1. The van der Waals surface area contributed by atoms with E-state index in [0.29, 0.717) is 0 Å². The van der Waals surface area contributed by atoms with Gasteiger partial charge in [-0.3, -0.25) is 14.9 Å². The Labute approximate surface area is 153 Å². The number of carbonyl (C=O) groups is 2. The number of thioether (sulfide) groups is 1. The van der Waals surface area contributed by atoms with E-state index in [-0.39, 0.29) is 34.5 Å². The van der Waals surface area contributed by atoms with Crippen LogP contribution in [0.3, 0.4) is 0 Å². The van der Waals surface area contributed by atoms with Crippen molar-refractivity contribution >= 4 is 29.3 Å². The molecule has 1 aliphatic carbocycles. The monoisotopic (exact) mass is 361 g/mol. The van der Waals surface area contributed by atoms with E-state index < -0.39 is 0 Å². The molecule has 4 atom stereocenters. The lowest BCUT2D eigenvalue weighted by Gasteiger charge is -2.40. The summed E-state index contributed by atoms with van der Waals surface area (Å²) in [5.41, 5.74) is 2.81. The van der Waals surface area contributed by atoms with Crippen molar-refractivity contribution in [1.29, 1.82) is 0 Å². The van der Waals surface area contributed by atoms with Gasteiger partial charge >= 0.3 is 0 Å². The molecular formula is C19H27N3O2S. The average Bonchev–Trinajstić information content (AvgIpc) is 2.58. The molecule has 1 saturated carbocycles. The first-order valence-corrected chi connectivity index (χ1v) is 9.98. The van der Waals surface area contributed by atoms with Crippen LogP contribution in [-0.2, 0) is 9.59 Å². The minimum atomic E-state index is -0.266. The highest BCUT2D eigenvalue weighted by Gasteiger charge is 2.38. The zero-order valence-electron chi connectivity index (χ0n) is 15.1. The maximum absolute atomic E-state index is 12.5. The number of hydrogen-bond donors (Lipinski definition) is 3. The zero-order valence-corrected chi connectivity index (χ0v) is 15.9. The van der Waals surface area contributed by atoms with E-state index in [1.807, 2.05) is 39.0 Å². The first kappa shape index (κ1) is 18.3. The van der Waals surface area contributed by atoms with Crippen LogP contribution in [-0.4, -0.2) is 28.6 Å². The molecule has 1 heterocycles. The molecule has 1 aliphatic heterocycles. The SMILES string of the molecule is Cc1ccc(C)c(NC(=O)C(C)SC2NC(=O)C3CCCCC3N2)c1. The number of fused-ring (bicyclic) bond motifs is 1. The van der Waals surface area contributed by atoms with Crippen molar-refractivity contribution in [1.82, 2.24) is 10.6 Å². The molecule has 0 radical (unpaired) electrons. The van der Waals surface area contributed by atoms with Gasteiger partial charge in [-0.2, -0.15) is 0 Å². The minimum absolute atomic E-state index is 0.0412. The predicted molar refractivity (Wildman–Crippen MR) is 102 cm³/mol. The van der Waals surface area contributed by atoms with Gasteiger partial charge < -0.3 is 10.6 Å². The summed E-state index contributed by atoms with van der Waals surface area (Å²) in [6, 6.07) is 6.27. The highest BCUT2D eigenvalue weighted by molar-refractivity contribution is 8.01. The first-order valence-electron chi connectivity index (χ1n) is 9.04. The number of benzene rings is 1. The van der Waals surface area contributed by atoms with E-state index in [9.17, 15) is 9.59 Å². The van der Waals surface area contributed by atoms with Gasteiger partial charge in [0, 0.05) is 11.7 Å². The fourth-order valence-corrected chi connectivity index (χ4v) is 4.59. The number of carbonyl (C=O) groups excluding carboxylic acids is 2. The normalized spacial score (nSPS) is 27.2. The Balaban J connectivity index is 1.58. The number of hydrogen-bond acceptors (Lipinski definition) is 4. The van der Waals surface area contributed by atoms with Gasteiger partial charge in [-0.25, -0.2) is 0 Å². The second-order valence-corrected chi connectivity index (χ2v) is 8.59. The standard InChI is InChI=1S/C19H27N3O2S/c1-11-8-9-12(2)16(10-11)20-17(23)13(3)25-19-21-15-7-5-4-6-14(15)18(24)22-19/h8-10,13-15,19,21H,4-7H2,1-3H3,(H,20,23)(H,22,24). The molecule has 6 heteroatoms. The highest BCUT2D eigenvalue weighted by Crippen LogP contribution is 2.30. The van der Waals surface area contributed by atoms with Crippen molar-refractivity contribution in [3.8, 4) is 0 Å². The largest absolute Gasteiger partial charge is 0.331 e. The minimum Gasteiger partial charge on any atom is -0.331 e. The maximum atomic E-state index is 12.5. The number of amides is 2. The molecule has 2 amide bonds. The lowest BCUT2D eigenvalue weighted by molar-refractivity contribution is -0.129. The molecule has 1 aromatic rings. The van der Waals surface area contributed by atoms with Gasteiger partial charge in [0.15, 0.2) is 0 Å². The van der Waals surface area contributed by atoms with Crippen molar-refractivity contribution < 1.29 is 9.59 Å². The number of nitrogens with one attached hydrogen (secondary N) is 3. The third-order valence-electron chi connectivity index (χ3n) is 5.10. The Hall–Kier alpha value is -1.53.